The Morgan fingerprint density at radius 2 is 1.95 bits per heavy atom. The predicted molar refractivity (Wildman–Crippen MR) is 76.5 cm³/mol. The van der Waals surface area contributed by atoms with Crippen molar-refractivity contribution >= 4 is 28.4 Å². The van der Waals surface area contributed by atoms with Gasteiger partial charge < -0.3 is 4.90 Å². The number of nitrogens with zero attached hydrogens (tertiary/aromatic N) is 2. The fourth-order valence-electron chi connectivity index (χ4n) is 2.49. The molecule has 1 fully saturated rings. The summed E-state index contributed by atoms with van der Waals surface area (Å²) in [4.78, 5) is 18.6. The van der Waals surface area contributed by atoms with Gasteiger partial charge in [0.25, 0.3) is 5.91 Å². The van der Waals surface area contributed by atoms with Crippen LogP contribution in [0.5, 0.6) is 0 Å². The molecule has 1 amide bonds. The molecule has 1 aromatic heterocycles. The summed E-state index contributed by atoms with van der Waals surface area (Å²) in [6.45, 7) is 1.72. The number of hydrogen-bond donors (Lipinski definition) is 0. The molecule has 1 saturated heterocycles. The van der Waals surface area contributed by atoms with Crippen molar-refractivity contribution in [1.82, 2.24) is 9.88 Å². The lowest BCUT2D eigenvalue weighted by Gasteiger charge is -2.26. The first-order valence-corrected chi connectivity index (χ1v) is 6.96. The van der Waals surface area contributed by atoms with Gasteiger partial charge in [-0.05, 0) is 37.5 Å². The van der Waals surface area contributed by atoms with E-state index in [0.717, 1.165) is 36.8 Å². The van der Waals surface area contributed by atoms with Crippen molar-refractivity contribution in [2.45, 2.75) is 19.3 Å². The molecule has 0 aliphatic carbocycles. The second-order valence-corrected chi connectivity index (χ2v) is 5.35. The molecule has 0 spiro atoms. The Morgan fingerprint density at radius 3 is 2.74 bits per heavy atom. The van der Waals surface area contributed by atoms with Gasteiger partial charge in [-0.3, -0.25) is 9.78 Å². The molecule has 1 aromatic carbocycles. The largest absolute Gasteiger partial charge is 0.339 e. The maximum Gasteiger partial charge on any atom is 0.255 e. The van der Waals surface area contributed by atoms with Crippen LogP contribution in [0.1, 0.15) is 29.6 Å². The number of hydrogen-bond acceptors (Lipinski definition) is 2. The van der Waals surface area contributed by atoms with E-state index >= 15 is 0 Å². The number of piperidine rings is 1. The molecule has 2 heterocycles. The summed E-state index contributed by atoms with van der Waals surface area (Å²) in [5.41, 5.74) is 1.49. The average molecular weight is 275 g/mol. The van der Waals surface area contributed by atoms with Gasteiger partial charge in [0.05, 0.1) is 11.1 Å². The highest BCUT2D eigenvalue weighted by Gasteiger charge is 2.18. The molecular weight excluding hydrogens is 260 g/mol. The maximum absolute atomic E-state index is 12.4. The summed E-state index contributed by atoms with van der Waals surface area (Å²) in [6, 6.07) is 7.43. The lowest BCUT2D eigenvalue weighted by molar-refractivity contribution is 0.0724. The van der Waals surface area contributed by atoms with E-state index in [-0.39, 0.29) is 5.91 Å². The number of carbonyl (C=O) groups is 1. The molecule has 2 aromatic rings. The average Bonchev–Trinajstić information content (AvgIpc) is 2.47. The van der Waals surface area contributed by atoms with Crippen LogP contribution in [0.2, 0.25) is 5.02 Å². The third-order valence-corrected chi connectivity index (χ3v) is 3.77. The van der Waals surface area contributed by atoms with E-state index in [9.17, 15) is 4.79 Å². The molecule has 4 heteroatoms. The Labute approximate surface area is 117 Å². The molecule has 0 saturated carbocycles. The first-order chi connectivity index (χ1) is 9.24. The molecule has 19 heavy (non-hydrogen) atoms. The number of amides is 1. The number of halogens is 1. The van der Waals surface area contributed by atoms with Gasteiger partial charge in [0.1, 0.15) is 0 Å². The highest BCUT2D eigenvalue weighted by atomic mass is 35.5. The van der Waals surface area contributed by atoms with Gasteiger partial charge in [-0.2, -0.15) is 0 Å². The first-order valence-electron chi connectivity index (χ1n) is 6.59. The maximum atomic E-state index is 12.4. The lowest BCUT2D eigenvalue weighted by Crippen LogP contribution is -2.35. The number of fused-ring (bicyclic) bond motifs is 1. The van der Waals surface area contributed by atoms with Crippen LogP contribution in [-0.4, -0.2) is 28.9 Å². The van der Waals surface area contributed by atoms with Crippen molar-refractivity contribution in [1.29, 1.82) is 0 Å². The lowest BCUT2D eigenvalue weighted by atomic mass is 10.1. The third-order valence-electron chi connectivity index (χ3n) is 3.54. The number of rotatable bonds is 1. The quantitative estimate of drug-likeness (QED) is 0.797. The highest BCUT2D eigenvalue weighted by molar-refractivity contribution is 6.31. The summed E-state index contributed by atoms with van der Waals surface area (Å²) in [6.07, 6.45) is 5.07. The monoisotopic (exact) mass is 274 g/mol. The molecule has 0 atom stereocenters. The zero-order chi connectivity index (χ0) is 13.2. The van der Waals surface area contributed by atoms with Crippen LogP contribution in [0.3, 0.4) is 0 Å². The second-order valence-electron chi connectivity index (χ2n) is 4.91. The van der Waals surface area contributed by atoms with Gasteiger partial charge in [-0.1, -0.05) is 17.7 Å². The number of aromatic nitrogens is 1. The smallest absolute Gasteiger partial charge is 0.255 e. The Kier molecular flexibility index (Phi) is 3.38. The molecule has 0 N–H and O–H groups in total. The summed E-state index contributed by atoms with van der Waals surface area (Å²) >= 11 is 5.93. The van der Waals surface area contributed by atoms with Crippen molar-refractivity contribution in [3.05, 3.63) is 41.0 Å². The van der Waals surface area contributed by atoms with E-state index in [1.165, 1.54) is 6.42 Å². The van der Waals surface area contributed by atoms with Gasteiger partial charge in [0, 0.05) is 29.7 Å². The minimum atomic E-state index is 0.0871. The summed E-state index contributed by atoms with van der Waals surface area (Å²) < 4.78 is 0. The fourth-order valence-corrected chi connectivity index (χ4v) is 2.66. The minimum Gasteiger partial charge on any atom is -0.339 e. The van der Waals surface area contributed by atoms with E-state index < -0.39 is 0 Å². The van der Waals surface area contributed by atoms with Crippen LogP contribution in [0.4, 0.5) is 0 Å². The van der Waals surface area contributed by atoms with Crippen LogP contribution >= 0.6 is 11.6 Å². The van der Waals surface area contributed by atoms with Crippen molar-refractivity contribution in [2.24, 2.45) is 0 Å². The highest BCUT2D eigenvalue weighted by Crippen LogP contribution is 2.20. The van der Waals surface area contributed by atoms with Crippen LogP contribution in [0.25, 0.3) is 10.9 Å². The van der Waals surface area contributed by atoms with Gasteiger partial charge in [-0.25, -0.2) is 0 Å². The Balaban J connectivity index is 1.92. The Morgan fingerprint density at radius 1 is 1.16 bits per heavy atom. The van der Waals surface area contributed by atoms with Crippen molar-refractivity contribution in [2.75, 3.05) is 13.1 Å². The van der Waals surface area contributed by atoms with Crippen molar-refractivity contribution in [3.8, 4) is 0 Å². The third kappa shape index (κ3) is 2.56. The van der Waals surface area contributed by atoms with E-state index in [0.29, 0.717) is 10.6 Å². The summed E-state index contributed by atoms with van der Waals surface area (Å²) in [5, 5.41) is 1.61. The van der Waals surface area contributed by atoms with E-state index in [1.54, 1.807) is 6.20 Å². The number of carbonyl (C=O) groups excluding carboxylic acids is 1. The molecular formula is C15H15ClN2O. The van der Waals surface area contributed by atoms with Gasteiger partial charge in [0.15, 0.2) is 0 Å². The number of pyridine rings is 1. The Bertz CT molecular complexity index is 621. The summed E-state index contributed by atoms with van der Waals surface area (Å²) in [7, 11) is 0. The fraction of sp³-hybridized carbons (Fsp3) is 0.333. The van der Waals surface area contributed by atoms with Crippen LogP contribution in [0.15, 0.2) is 30.5 Å². The SMILES string of the molecule is O=C(c1cnc2cc(Cl)ccc2c1)N1CCCCC1. The zero-order valence-corrected chi connectivity index (χ0v) is 11.4. The minimum absolute atomic E-state index is 0.0871. The van der Waals surface area contributed by atoms with Gasteiger partial charge >= 0.3 is 0 Å². The van der Waals surface area contributed by atoms with Gasteiger partial charge in [-0.15, -0.1) is 0 Å². The second kappa shape index (κ2) is 5.17. The molecule has 0 bridgehead atoms. The van der Waals surface area contributed by atoms with E-state index in [4.69, 9.17) is 11.6 Å². The first kappa shape index (κ1) is 12.4. The normalized spacial score (nSPS) is 15.7. The van der Waals surface area contributed by atoms with E-state index in [2.05, 4.69) is 4.98 Å². The zero-order valence-electron chi connectivity index (χ0n) is 10.6. The standard InChI is InChI=1S/C15H15ClN2O/c16-13-5-4-11-8-12(10-17-14(11)9-13)15(19)18-6-2-1-3-7-18/h4-5,8-10H,1-3,6-7H2. The summed E-state index contributed by atoms with van der Waals surface area (Å²) in [5.74, 6) is 0.0871. The Hall–Kier alpha value is -1.61. The van der Waals surface area contributed by atoms with Crippen LogP contribution < -0.4 is 0 Å². The van der Waals surface area contributed by atoms with Crippen LogP contribution in [-0.2, 0) is 0 Å². The molecule has 1 aliphatic rings. The van der Waals surface area contributed by atoms with Crippen molar-refractivity contribution < 1.29 is 4.79 Å². The molecule has 0 unspecified atom stereocenters. The molecule has 1 aliphatic heterocycles. The molecule has 3 nitrogen and oxygen atoms in total. The predicted octanol–water partition coefficient (Wildman–Crippen LogP) is 3.51. The van der Waals surface area contributed by atoms with Gasteiger partial charge in [0.2, 0.25) is 0 Å². The number of benzene rings is 1. The number of likely N-dealkylation sites (tertiary alicyclic amines) is 1. The molecule has 98 valence electrons. The topological polar surface area (TPSA) is 33.2 Å². The van der Waals surface area contributed by atoms with Crippen LogP contribution in [0, 0.1) is 0 Å². The molecule has 3 rings (SSSR count). The molecule has 0 radical (unpaired) electrons. The van der Waals surface area contributed by atoms with Crippen molar-refractivity contribution in [3.63, 3.8) is 0 Å². The van der Waals surface area contributed by atoms with E-state index in [1.807, 2.05) is 29.2 Å².